The summed E-state index contributed by atoms with van der Waals surface area (Å²) in [6.45, 7) is 7.15. The molecule has 3 atom stereocenters. The maximum absolute atomic E-state index is 5.97. The number of nitrogens with one attached hydrogen (secondary N) is 1. The van der Waals surface area contributed by atoms with E-state index in [-0.39, 0.29) is 6.04 Å². The number of rotatable bonds is 5. The Morgan fingerprint density at radius 2 is 2.15 bits per heavy atom. The Kier molecular flexibility index (Phi) is 3.91. The van der Waals surface area contributed by atoms with E-state index < -0.39 is 0 Å². The number of hydrogen-bond acceptors (Lipinski definition) is 3. The molecule has 0 radical (unpaired) electrons. The van der Waals surface area contributed by atoms with Crippen LogP contribution in [0.5, 0.6) is 0 Å². The fourth-order valence-electron chi connectivity index (χ4n) is 4.19. The summed E-state index contributed by atoms with van der Waals surface area (Å²) in [5, 5.41) is 3.79. The molecule has 0 aromatic carbocycles. The van der Waals surface area contributed by atoms with Gasteiger partial charge in [0, 0.05) is 18.1 Å². The Balaban J connectivity index is 1.65. The summed E-state index contributed by atoms with van der Waals surface area (Å²) >= 11 is 0. The minimum absolute atomic E-state index is 0.286. The number of ether oxygens (including phenoxy) is 1. The van der Waals surface area contributed by atoms with Gasteiger partial charge in [-0.2, -0.15) is 0 Å². The van der Waals surface area contributed by atoms with E-state index in [1.807, 2.05) is 13.0 Å². The molecule has 0 aliphatic heterocycles. The zero-order chi connectivity index (χ0) is 14.2. The predicted octanol–water partition coefficient (Wildman–Crippen LogP) is 3.98. The molecule has 0 saturated heterocycles. The molecule has 20 heavy (non-hydrogen) atoms. The molecule has 0 bridgehead atoms. The van der Waals surface area contributed by atoms with Crippen molar-refractivity contribution in [2.75, 3.05) is 6.61 Å². The van der Waals surface area contributed by atoms with Gasteiger partial charge in [-0.3, -0.25) is 0 Å². The molecular formula is C17H27NO2. The largest absolute Gasteiger partial charge is 0.465 e. The number of aryl methyl sites for hydroxylation is 1. The number of hydrogen-bond donors (Lipinski definition) is 1. The molecule has 3 unspecified atom stereocenters. The molecule has 2 fully saturated rings. The fraction of sp³-hybridized carbons (Fsp3) is 0.765. The third-order valence-corrected chi connectivity index (χ3v) is 5.33. The smallest absolute Gasteiger partial charge is 0.120 e. The average Bonchev–Trinajstić information content (AvgIpc) is 3.07. The van der Waals surface area contributed by atoms with Crippen molar-refractivity contribution in [3.8, 4) is 0 Å². The highest BCUT2D eigenvalue weighted by Gasteiger charge is 2.56. The SMILES string of the molecule is CCOC1CC(NC(C)c2ccc(C)o2)C12CCCC2. The van der Waals surface area contributed by atoms with Crippen molar-refractivity contribution in [3.63, 3.8) is 0 Å². The first kappa shape index (κ1) is 14.2. The maximum atomic E-state index is 5.97. The van der Waals surface area contributed by atoms with Crippen molar-refractivity contribution in [2.24, 2.45) is 5.41 Å². The van der Waals surface area contributed by atoms with Crippen LogP contribution in [0.3, 0.4) is 0 Å². The van der Waals surface area contributed by atoms with Crippen molar-refractivity contribution in [3.05, 3.63) is 23.7 Å². The summed E-state index contributed by atoms with van der Waals surface area (Å²) < 4.78 is 11.7. The van der Waals surface area contributed by atoms with Gasteiger partial charge in [-0.1, -0.05) is 12.8 Å². The second-order valence-electron chi connectivity index (χ2n) is 6.51. The van der Waals surface area contributed by atoms with Crippen molar-refractivity contribution in [1.82, 2.24) is 5.32 Å². The van der Waals surface area contributed by atoms with Gasteiger partial charge in [-0.25, -0.2) is 0 Å². The van der Waals surface area contributed by atoms with Gasteiger partial charge in [0.15, 0.2) is 0 Å². The van der Waals surface area contributed by atoms with E-state index in [0.717, 1.165) is 24.5 Å². The Labute approximate surface area is 122 Å². The lowest BCUT2D eigenvalue weighted by atomic mass is 9.60. The van der Waals surface area contributed by atoms with Gasteiger partial charge < -0.3 is 14.5 Å². The van der Waals surface area contributed by atoms with Crippen LogP contribution in [0.4, 0.5) is 0 Å². The summed E-state index contributed by atoms with van der Waals surface area (Å²) in [5.41, 5.74) is 0.395. The fourth-order valence-corrected chi connectivity index (χ4v) is 4.19. The van der Waals surface area contributed by atoms with Crippen LogP contribution < -0.4 is 5.32 Å². The van der Waals surface area contributed by atoms with Gasteiger partial charge in [0.25, 0.3) is 0 Å². The topological polar surface area (TPSA) is 34.4 Å². The molecule has 2 saturated carbocycles. The van der Waals surface area contributed by atoms with Crippen LogP contribution in [-0.4, -0.2) is 18.8 Å². The molecule has 1 aromatic heterocycles. The summed E-state index contributed by atoms with van der Waals surface area (Å²) in [6.07, 6.45) is 6.97. The lowest BCUT2D eigenvalue weighted by Gasteiger charge is -2.55. The van der Waals surface area contributed by atoms with E-state index in [9.17, 15) is 0 Å². The van der Waals surface area contributed by atoms with Crippen molar-refractivity contribution in [2.45, 2.75) is 71.1 Å². The lowest BCUT2D eigenvalue weighted by Crippen LogP contribution is -2.62. The van der Waals surface area contributed by atoms with Crippen LogP contribution in [0.15, 0.2) is 16.5 Å². The third kappa shape index (κ3) is 2.31. The quantitative estimate of drug-likeness (QED) is 0.884. The molecule has 1 heterocycles. The summed E-state index contributed by atoms with van der Waals surface area (Å²) in [7, 11) is 0. The molecule has 112 valence electrons. The summed E-state index contributed by atoms with van der Waals surface area (Å²) in [5.74, 6) is 2.04. The number of furan rings is 1. The van der Waals surface area contributed by atoms with E-state index in [1.165, 1.54) is 25.7 Å². The zero-order valence-corrected chi connectivity index (χ0v) is 12.9. The molecule has 2 aliphatic rings. The molecule has 2 aliphatic carbocycles. The van der Waals surface area contributed by atoms with E-state index in [4.69, 9.17) is 9.15 Å². The molecule has 1 N–H and O–H groups in total. The van der Waals surface area contributed by atoms with Crippen LogP contribution in [-0.2, 0) is 4.74 Å². The van der Waals surface area contributed by atoms with Crippen molar-refractivity contribution >= 4 is 0 Å². The Hall–Kier alpha value is -0.800. The monoisotopic (exact) mass is 277 g/mol. The van der Waals surface area contributed by atoms with Gasteiger partial charge in [0.05, 0.1) is 12.1 Å². The predicted molar refractivity (Wildman–Crippen MR) is 79.7 cm³/mol. The Morgan fingerprint density at radius 1 is 1.40 bits per heavy atom. The second kappa shape index (κ2) is 5.53. The first-order valence-electron chi connectivity index (χ1n) is 8.09. The van der Waals surface area contributed by atoms with E-state index in [1.54, 1.807) is 0 Å². The van der Waals surface area contributed by atoms with Gasteiger partial charge in [0.1, 0.15) is 11.5 Å². The van der Waals surface area contributed by atoms with Gasteiger partial charge >= 0.3 is 0 Å². The zero-order valence-electron chi connectivity index (χ0n) is 12.9. The van der Waals surface area contributed by atoms with Gasteiger partial charge in [-0.05, 0) is 52.2 Å². The van der Waals surface area contributed by atoms with Crippen LogP contribution in [0, 0.1) is 12.3 Å². The first-order valence-corrected chi connectivity index (χ1v) is 8.09. The lowest BCUT2D eigenvalue weighted by molar-refractivity contribution is -0.132. The van der Waals surface area contributed by atoms with Gasteiger partial charge in [-0.15, -0.1) is 0 Å². The average molecular weight is 277 g/mol. The first-order chi connectivity index (χ1) is 9.65. The minimum Gasteiger partial charge on any atom is -0.465 e. The molecule has 1 aromatic rings. The normalized spacial score (nSPS) is 29.6. The molecule has 0 amide bonds. The van der Waals surface area contributed by atoms with Crippen LogP contribution >= 0.6 is 0 Å². The second-order valence-corrected chi connectivity index (χ2v) is 6.51. The Bertz CT molecular complexity index is 448. The highest BCUT2D eigenvalue weighted by Crippen LogP contribution is 2.55. The van der Waals surface area contributed by atoms with Crippen LogP contribution in [0.2, 0.25) is 0 Å². The van der Waals surface area contributed by atoms with Crippen LogP contribution in [0.25, 0.3) is 0 Å². The molecule has 3 heteroatoms. The molecule has 3 nitrogen and oxygen atoms in total. The Morgan fingerprint density at radius 3 is 2.75 bits per heavy atom. The molecular weight excluding hydrogens is 250 g/mol. The summed E-state index contributed by atoms with van der Waals surface area (Å²) in [4.78, 5) is 0. The standard InChI is InChI=1S/C17H27NO2/c1-4-19-16-11-15(17(16)9-5-6-10-17)18-13(3)14-8-7-12(2)20-14/h7-8,13,15-16,18H,4-6,9-11H2,1-3H3. The van der Waals surface area contributed by atoms with Crippen molar-refractivity contribution in [1.29, 1.82) is 0 Å². The maximum Gasteiger partial charge on any atom is 0.120 e. The molecule has 3 rings (SSSR count). The van der Waals surface area contributed by atoms with E-state index >= 15 is 0 Å². The minimum atomic E-state index is 0.286. The van der Waals surface area contributed by atoms with E-state index in [0.29, 0.717) is 17.6 Å². The highest BCUT2D eigenvalue weighted by molar-refractivity contribution is 5.14. The molecule has 1 spiro atoms. The van der Waals surface area contributed by atoms with Crippen molar-refractivity contribution < 1.29 is 9.15 Å². The van der Waals surface area contributed by atoms with E-state index in [2.05, 4.69) is 25.2 Å². The third-order valence-electron chi connectivity index (χ3n) is 5.33. The highest BCUT2D eigenvalue weighted by atomic mass is 16.5. The van der Waals surface area contributed by atoms with Gasteiger partial charge in [0.2, 0.25) is 0 Å². The van der Waals surface area contributed by atoms with Crippen LogP contribution in [0.1, 0.15) is 63.5 Å². The summed E-state index contributed by atoms with van der Waals surface area (Å²) in [6, 6.07) is 5.01.